The van der Waals surface area contributed by atoms with Gasteiger partial charge in [0.25, 0.3) is 5.91 Å². The number of hydrogen-bond acceptors (Lipinski definition) is 3. The largest absolute Gasteiger partial charge is 0.399 e. The minimum atomic E-state index is 0. The van der Waals surface area contributed by atoms with Gasteiger partial charge in [-0.05, 0) is 57.5 Å². The summed E-state index contributed by atoms with van der Waals surface area (Å²) in [5, 5.41) is 0. The number of amides is 1. The summed E-state index contributed by atoms with van der Waals surface area (Å²) in [5.74, 6) is 0.828. The van der Waals surface area contributed by atoms with E-state index in [9.17, 15) is 4.79 Å². The SMILES string of the molecule is Cc1ccc(N)cc1C(=O)N1CCC(CN(C)C)CC1.Cl.Cl. The van der Waals surface area contributed by atoms with Crippen LogP contribution in [0.2, 0.25) is 0 Å². The Morgan fingerprint density at radius 1 is 1.27 bits per heavy atom. The normalized spacial score (nSPS) is 15.2. The van der Waals surface area contributed by atoms with E-state index in [1.54, 1.807) is 6.07 Å². The molecule has 0 spiro atoms. The number of carbonyl (C=O) groups excluding carboxylic acids is 1. The summed E-state index contributed by atoms with van der Waals surface area (Å²) in [6, 6.07) is 5.56. The Bertz CT molecular complexity index is 486. The standard InChI is InChI=1S/C16H25N3O.2ClH/c1-12-4-5-14(17)10-15(12)16(20)19-8-6-13(7-9-19)11-18(2)3;;/h4-5,10,13H,6-9,11,17H2,1-3H3;2*1H. The summed E-state index contributed by atoms with van der Waals surface area (Å²) in [6.45, 7) is 4.78. The average Bonchev–Trinajstić information content (AvgIpc) is 2.41. The molecular formula is C16H27Cl2N3O. The maximum Gasteiger partial charge on any atom is 0.254 e. The van der Waals surface area contributed by atoms with Crippen LogP contribution >= 0.6 is 24.8 Å². The van der Waals surface area contributed by atoms with Crippen LogP contribution in [0.5, 0.6) is 0 Å². The van der Waals surface area contributed by atoms with Gasteiger partial charge >= 0.3 is 0 Å². The molecule has 1 fully saturated rings. The average molecular weight is 348 g/mol. The van der Waals surface area contributed by atoms with Crippen LogP contribution in [0.3, 0.4) is 0 Å². The minimum Gasteiger partial charge on any atom is -0.399 e. The quantitative estimate of drug-likeness (QED) is 0.855. The molecule has 22 heavy (non-hydrogen) atoms. The first-order valence-corrected chi connectivity index (χ1v) is 7.27. The van der Waals surface area contributed by atoms with E-state index in [-0.39, 0.29) is 30.7 Å². The van der Waals surface area contributed by atoms with E-state index in [2.05, 4.69) is 19.0 Å². The van der Waals surface area contributed by atoms with Gasteiger partial charge in [0.05, 0.1) is 0 Å². The molecule has 1 aliphatic rings. The highest BCUT2D eigenvalue weighted by Gasteiger charge is 2.24. The van der Waals surface area contributed by atoms with E-state index >= 15 is 0 Å². The molecule has 1 aromatic rings. The van der Waals surface area contributed by atoms with Gasteiger partial charge in [-0.1, -0.05) is 6.07 Å². The predicted octanol–water partition coefficient (Wildman–Crippen LogP) is 2.83. The smallest absolute Gasteiger partial charge is 0.254 e. The Hall–Kier alpha value is -0.970. The topological polar surface area (TPSA) is 49.6 Å². The predicted molar refractivity (Wildman–Crippen MR) is 97.3 cm³/mol. The van der Waals surface area contributed by atoms with Crippen molar-refractivity contribution in [3.8, 4) is 0 Å². The van der Waals surface area contributed by atoms with Gasteiger partial charge in [-0.3, -0.25) is 4.79 Å². The number of hydrogen-bond donors (Lipinski definition) is 1. The third-order valence-corrected chi connectivity index (χ3v) is 4.02. The number of halogens is 2. The second-order valence-corrected chi connectivity index (χ2v) is 6.07. The zero-order chi connectivity index (χ0) is 14.7. The summed E-state index contributed by atoms with van der Waals surface area (Å²) in [6.07, 6.45) is 2.18. The number of carbonyl (C=O) groups is 1. The number of nitrogens with zero attached hydrogens (tertiary/aromatic N) is 2. The van der Waals surface area contributed by atoms with Crippen molar-refractivity contribution in [2.75, 3.05) is 39.5 Å². The first kappa shape index (κ1) is 21.0. The van der Waals surface area contributed by atoms with Gasteiger partial charge in [0.2, 0.25) is 0 Å². The fourth-order valence-electron chi connectivity index (χ4n) is 2.88. The van der Waals surface area contributed by atoms with Crippen molar-refractivity contribution in [3.05, 3.63) is 29.3 Å². The second kappa shape index (κ2) is 9.23. The molecule has 0 aliphatic carbocycles. The van der Waals surface area contributed by atoms with E-state index in [1.165, 1.54) is 0 Å². The van der Waals surface area contributed by atoms with Gasteiger partial charge < -0.3 is 15.5 Å². The minimum absolute atomic E-state index is 0. The Labute approximate surface area is 145 Å². The van der Waals surface area contributed by atoms with Gasteiger partial charge in [-0.15, -0.1) is 24.8 Å². The lowest BCUT2D eigenvalue weighted by atomic mass is 9.95. The zero-order valence-electron chi connectivity index (χ0n) is 13.5. The van der Waals surface area contributed by atoms with Crippen molar-refractivity contribution in [1.82, 2.24) is 9.80 Å². The van der Waals surface area contributed by atoms with Gasteiger partial charge in [-0.2, -0.15) is 0 Å². The third kappa shape index (κ3) is 5.34. The molecule has 1 heterocycles. The number of anilines is 1. The van der Waals surface area contributed by atoms with E-state index in [1.807, 2.05) is 24.0 Å². The monoisotopic (exact) mass is 347 g/mol. The molecule has 1 aliphatic heterocycles. The van der Waals surface area contributed by atoms with Crippen molar-refractivity contribution >= 4 is 36.4 Å². The van der Waals surface area contributed by atoms with Crippen molar-refractivity contribution in [2.24, 2.45) is 5.92 Å². The Balaban J connectivity index is 0.00000220. The van der Waals surface area contributed by atoms with Gasteiger partial charge in [-0.25, -0.2) is 0 Å². The molecule has 2 rings (SSSR count). The van der Waals surface area contributed by atoms with E-state index in [4.69, 9.17) is 5.73 Å². The highest BCUT2D eigenvalue weighted by molar-refractivity contribution is 5.96. The highest BCUT2D eigenvalue weighted by atomic mass is 35.5. The lowest BCUT2D eigenvalue weighted by Crippen LogP contribution is -2.40. The fraction of sp³-hybridized carbons (Fsp3) is 0.562. The molecule has 2 N–H and O–H groups in total. The number of nitrogen functional groups attached to an aromatic ring is 1. The van der Waals surface area contributed by atoms with Crippen LogP contribution < -0.4 is 5.73 Å². The van der Waals surface area contributed by atoms with E-state index in [0.717, 1.165) is 43.6 Å². The maximum atomic E-state index is 12.6. The molecule has 0 aromatic heterocycles. The molecule has 0 radical (unpaired) electrons. The number of nitrogens with two attached hydrogens (primary N) is 1. The molecule has 0 bridgehead atoms. The lowest BCUT2D eigenvalue weighted by Gasteiger charge is -2.33. The zero-order valence-corrected chi connectivity index (χ0v) is 15.2. The number of likely N-dealkylation sites (tertiary alicyclic amines) is 1. The third-order valence-electron chi connectivity index (χ3n) is 4.02. The molecule has 1 amide bonds. The highest BCUT2D eigenvalue weighted by Crippen LogP contribution is 2.21. The number of aryl methyl sites for hydroxylation is 1. The summed E-state index contributed by atoms with van der Waals surface area (Å²) in [7, 11) is 4.21. The summed E-state index contributed by atoms with van der Waals surface area (Å²) < 4.78 is 0. The van der Waals surface area contributed by atoms with Crippen LogP contribution in [0.1, 0.15) is 28.8 Å². The number of rotatable bonds is 3. The van der Waals surface area contributed by atoms with E-state index in [0.29, 0.717) is 11.6 Å². The molecule has 0 saturated carbocycles. The fourth-order valence-corrected chi connectivity index (χ4v) is 2.88. The first-order chi connectivity index (χ1) is 9.47. The molecular weight excluding hydrogens is 321 g/mol. The van der Waals surface area contributed by atoms with Crippen molar-refractivity contribution < 1.29 is 4.79 Å². The second-order valence-electron chi connectivity index (χ2n) is 6.07. The molecule has 1 saturated heterocycles. The molecule has 1 aromatic carbocycles. The molecule has 0 unspecified atom stereocenters. The molecule has 0 atom stereocenters. The maximum absolute atomic E-state index is 12.6. The lowest BCUT2D eigenvalue weighted by molar-refractivity contribution is 0.0677. The van der Waals surface area contributed by atoms with Crippen LogP contribution in [-0.4, -0.2) is 49.4 Å². The summed E-state index contributed by atoms with van der Waals surface area (Å²) in [4.78, 5) is 16.8. The van der Waals surface area contributed by atoms with Crippen molar-refractivity contribution in [3.63, 3.8) is 0 Å². The summed E-state index contributed by atoms with van der Waals surface area (Å²) >= 11 is 0. The van der Waals surface area contributed by atoms with Crippen LogP contribution in [0.25, 0.3) is 0 Å². The van der Waals surface area contributed by atoms with Crippen LogP contribution in [0.4, 0.5) is 5.69 Å². The van der Waals surface area contributed by atoms with Crippen molar-refractivity contribution in [1.29, 1.82) is 0 Å². The van der Waals surface area contributed by atoms with E-state index < -0.39 is 0 Å². The van der Waals surface area contributed by atoms with Gasteiger partial charge in [0.15, 0.2) is 0 Å². The van der Waals surface area contributed by atoms with Gasteiger partial charge in [0.1, 0.15) is 0 Å². The molecule has 126 valence electrons. The summed E-state index contributed by atoms with van der Waals surface area (Å²) in [5.41, 5.74) is 8.20. The Morgan fingerprint density at radius 3 is 2.41 bits per heavy atom. The van der Waals surface area contributed by atoms with Crippen LogP contribution in [0, 0.1) is 12.8 Å². The van der Waals surface area contributed by atoms with Crippen LogP contribution in [-0.2, 0) is 0 Å². The number of benzene rings is 1. The van der Waals surface area contributed by atoms with Gasteiger partial charge in [0, 0.05) is 30.9 Å². The number of piperidine rings is 1. The Kier molecular flexibility index (Phi) is 8.83. The Morgan fingerprint density at radius 2 is 1.86 bits per heavy atom. The van der Waals surface area contributed by atoms with Crippen molar-refractivity contribution in [2.45, 2.75) is 19.8 Å². The molecule has 4 nitrogen and oxygen atoms in total. The van der Waals surface area contributed by atoms with Crippen LogP contribution in [0.15, 0.2) is 18.2 Å². The first-order valence-electron chi connectivity index (χ1n) is 7.27. The molecule has 6 heteroatoms.